The van der Waals surface area contributed by atoms with E-state index < -0.39 is 15.8 Å². The van der Waals surface area contributed by atoms with E-state index >= 15 is 0 Å². The number of hydrogen-bond acceptors (Lipinski definition) is 4. The molecule has 2 rings (SSSR count). The van der Waals surface area contributed by atoms with Crippen LogP contribution in [0.2, 0.25) is 0 Å². The van der Waals surface area contributed by atoms with Crippen LogP contribution in [0.5, 0.6) is 0 Å². The largest absolute Gasteiger partial charge is 0.399 e. The maximum Gasteiger partial charge on any atom is 0.238 e. The van der Waals surface area contributed by atoms with E-state index in [-0.39, 0.29) is 10.6 Å². The number of nitrogens with one attached hydrogen (secondary N) is 1. The normalized spacial score (nSPS) is 11.4. The molecule has 0 aliphatic carbocycles. The van der Waals surface area contributed by atoms with Gasteiger partial charge in [0.15, 0.2) is 0 Å². The van der Waals surface area contributed by atoms with Crippen molar-refractivity contribution >= 4 is 43.0 Å². The molecule has 0 heterocycles. The summed E-state index contributed by atoms with van der Waals surface area (Å²) < 4.78 is 36.6. The highest BCUT2D eigenvalue weighted by Crippen LogP contribution is 2.30. The van der Waals surface area contributed by atoms with Crippen LogP contribution in [0.3, 0.4) is 0 Å². The van der Waals surface area contributed by atoms with Crippen LogP contribution in [-0.2, 0) is 10.0 Å². The standard InChI is InChI=1S/C13H13BrFN3O2S/c1-7-12(4-8(16)5-13(7)21(17,19)20)18-9-2-3-11(15)10(14)6-9/h2-6,18H,16H2,1H3,(H2,17,19,20). The second-order valence-corrected chi connectivity index (χ2v) is 6.87. The van der Waals surface area contributed by atoms with Crippen molar-refractivity contribution in [2.75, 3.05) is 11.1 Å². The van der Waals surface area contributed by atoms with Gasteiger partial charge in [-0.25, -0.2) is 17.9 Å². The first-order valence-corrected chi connectivity index (χ1v) is 8.17. The average molecular weight is 374 g/mol. The third-order valence-electron chi connectivity index (χ3n) is 2.89. The number of benzene rings is 2. The van der Waals surface area contributed by atoms with E-state index in [1.54, 1.807) is 13.0 Å². The molecule has 0 amide bonds. The van der Waals surface area contributed by atoms with E-state index in [9.17, 15) is 12.8 Å². The molecule has 0 spiro atoms. The van der Waals surface area contributed by atoms with Crippen molar-refractivity contribution in [1.29, 1.82) is 0 Å². The second kappa shape index (κ2) is 5.63. The van der Waals surface area contributed by atoms with Crippen molar-refractivity contribution in [2.45, 2.75) is 11.8 Å². The van der Waals surface area contributed by atoms with Gasteiger partial charge in [0.25, 0.3) is 0 Å². The van der Waals surface area contributed by atoms with E-state index in [4.69, 9.17) is 10.9 Å². The molecule has 0 unspecified atom stereocenters. The Morgan fingerprint density at radius 1 is 1.24 bits per heavy atom. The Morgan fingerprint density at radius 3 is 2.48 bits per heavy atom. The van der Waals surface area contributed by atoms with Crippen molar-refractivity contribution in [3.8, 4) is 0 Å². The Balaban J connectivity index is 2.49. The van der Waals surface area contributed by atoms with Gasteiger partial charge >= 0.3 is 0 Å². The monoisotopic (exact) mass is 373 g/mol. The van der Waals surface area contributed by atoms with Crippen LogP contribution in [0.4, 0.5) is 21.5 Å². The molecule has 0 fully saturated rings. The fourth-order valence-corrected chi connectivity index (χ4v) is 3.08. The molecule has 21 heavy (non-hydrogen) atoms. The first-order chi connectivity index (χ1) is 9.68. The van der Waals surface area contributed by atoms with Gasteiger partial charge in [-0.2, -0.15) is 0 Å². The molecular weight excluding hydrogens is 361 g/mol. The fourth-order valence-electron chi connectivity index (χ4n) is 1.86. The maximum atomic E-state index is 13.2. The number of nitrogens with two attached hydrogens (primary N) is 2. The highest BCUT2D eigenvalue weighted by atomic mass is 79.9. The fraction of sp³-hybridized carbons (Fsp3) is 0.0769. The number of anilines is 3. The lowest BCUT2D eigenvalue weighted by Gasteiger charge is -2.14. The minimum absolute atomic E-state index is 0.0498. The summed E-state index contributed by atoms with van der Waals surface area (Å²) in [6.45, 7) is 1.61. The van der Waals surface area contributed by atoms with Gasteiger partial charge in [-0.3, -0.25) is 0 Å². The highest BCUT2D eigenvalue weighted by Gasteiger charge is 2.16. The molecule has 5 nitrogen and oxygen atoms in total. The van der Waals surface area contributed by atoms with Crippen molar-refractivity contribution in [3.05, 3.63) is 46.2 Å². The molecule has 0 atom stereocenters. The van der Waals surface area contributed by atoms with Crippen LogP contribution in [0.15, 0.2) is 39.7 Å². The summed E-state index contributed by atoms with van der Waals surface area (Å²) in [4.78, 5) is -0.0498. The predicted molar refractivity (Wildman–Crippen MR) is 84.3 cm³/mol. The van der Waals surface area contributed by atoms with Crippen LogP contribution in [0.25, 0.3) is 0 Å². The Bertz CT molecular complexity index is 809. The number of sulfonamides is 1. The molecule has 0 saturated heterocycles. The van der Waals surface area contributed by atoms with Gasteiger partial charge in [0.1, 0.15) is 5.82 Å². The molecular formula is C13H13BrFN3O2S. The molecule has 8 heteroatoms. The third-order valence-corrected chi connectivity index (χ3v) is 4.53. The minimum atomic E-state index is -3.87. The molecule has 0 aliphatic heterocycles. The molecule has 0 bridgehead atoms. The molecule has 112 valence electrons. The lowest BCUT2D eigenvalue weighted by Crippen LogP contribution is -2.15. The van der Waals surface area contributed by atoms with Gasteiger partial charge in [0, 0.05) is 17.1 Å². The summed E-state index contributed by atoms with van der Waals surface area (Å²) in [6, 6.07) is 7.24. The van der Waals surface area contributed by atoms with Crippen LogP contribution >= 0.6 is 15.9 Å². The van der Waals surface area contributed by atoms with Crippen LogP contribution in [0.1, 0.15) is 5.56 Å². The van der Waals surface area contributed by atoms with E-state index in [1.807, 2.05) is 0 Å². The number of nitrogen functional groups attached to an aromatic ring is 1. The second-order valence-electron chi connectivity index (χ2n) is 4.49. The van der Waals surface area contributed by atoms with Gasteiger partial charge < -0.3 is 11.1 Å². The maximum absolute atomic E-state index is 13.2. The van der Waals surface area contributed by atoms with Gasteiger partial charge in [0.05, 0.1) is 9.37 Å². The van der Waals surface area contributed by atoms with Gasteiger partial charge in [0.2, 0.25) is 10.0 Å². The van der Waals surface area contributed by atoms with Gasteiger partial charge in [-0.05, 0) is 58.7 Å². The van der Waals surface area contributed by atoms with Gasteiger partial charge in [-0.15, -0.1) is 0 Å². The number of hydrogen-bond donors (Lipinski definition) is 3. The Morgan fingerprint density at radius 2 is 1.90 bits per heavy atom. The third kappa shape index (κ3) is 3.52. The molecule has 2 aromatic carbocycles. The minimum Gasteiger partial charge on any atom is -0.399 e. The summed E-state index contributed by atoms with van der Waals surface area (Å²) >= 11 is 3.08. The number of halogens is 2. The lowest BCUT2D eigenvalue weighted by atomic mass is 10.1. The number of rotatable bonds is 3. The summed E-state index contributed by atoms with van der Waals surface area (Å²) in [5.74, 6) is -0.393. The van der Waals surface area contributed by atoms with Crippen molar-refractivity contribution in [1.82, 2.24) is 0 Å². The van der Waals surface area contributed by atoms with E-state index in [2.05, 4.69) is 21.2 Å². The zero-order valence-corrected chi connectivity index (χ0v) is 13.4. The molecule has 0 aromatic heterocycles. The predicted octanol–water partition coefficient (Wildman–Crippen LogP) is 2.87. The van der Waals surface area contributed by atoms with Crippen LogP contribution in [0, 0.1) is 12.7 Å². The molecule has 2 aromatic rings. The zero-order chi connectivity index (χ0) is 15.8. The summed E-state index contributed by atoms with van der Waals surface area (Å²) in [6.07, 6.45) is 0. The van der Waals surface area contributed by atoms with Crippen LogP contribution in [-0.4, -0.2) is 8.42 Å². The Kier molecular flexibility index (Phi) is 4.22. The smallest absolute Gasteiger partial charge is 0.238 e. The first kappa shape index (κ1) is 15.7. The zero-order valence-electron chi connectivity index (χ0n) is 11.0. The van der Waals surface area contributed by atoms with E-state index in [0.717, 1.165) is 0 Å². The van der Waals surface area contributed by atoms with E-state index in [0.29, 0.717) is 21.4 Å². The van der Waals surface area contributed by atoms with Gasteiger partial charge in [-0.1, -0.05) is 0 Å². The summed E-state index contributed by atoms with van der Waals surface area (Å²) in [5.41, 5.74) is 7.46. The van der Waals surface area contributed by atoms with Crippen molar-refractivity contribution in [2.24, 2.45) is 5.14 Å². The number of primary sulfonamides is 1. The quantitative estimate of drug-likeness (QED) is 0.720. The first-order valence-electron chi connectivity index (χ1n) is 5.83. The topological polar surface area (TPSA) is 98.2 Å². The average Bonchev–Trinajstić information content (AvgIpc) is 2.36. The molecule has 0 saturated carbocycles. The Hall–Kier alpha value is -1.64. The van der Waals surface area contributed by atoms with Crippen LogP contribution < -0.4 is 16.2 Å². The van der Waals surface area contributed by atoms with Crippen molar-refractivity contribution < 1.29 is 12.8 Å². The summed E-state index contributed by atoms with van der Waals surface area (Å²) in [7, 11) is -3.87. The molecule has 0 radical (unpaired) electrons. The molecule has 0 aliphatic rings. The van der Waals surface area contributed by atoms with E-state index in [1.165, 1.54) is 24.3 Å². The summed E-state index contributed by atoms with van der Waals surface area (Å²) in [5, 5.41) is 8.16. The Labute approximate surface area is 130 Å². The lowest BCUT2D eigenvalue weighted by molar-refractivity contribution is 0.597. The SMILES string of the molecule is Cc1c(Nc2ccc(F)c(Br)c2)cc(N)cc1S(N)(=O)=O. The highest BCUT2D eigenvalue weighted by molar-refractivity contribution is 9.10. The van der Waals surface area contributed by atoms with Crippen molar-refractivity contribution in [3.63, 3.8) is 0 Å². The molecule has 5 N–H and O–H groups in total.